The lowest BCUT2D eigenvalue weighted by atomic mass is 10.1. The van der Waals surface area contributed by atoms with Gasteiger partial charge in [0.15, 0.2) is 11.5 Å². The number of nitrogens with zero attached hydrogens (tertiary/aromatic N) is 5. The highest BCUT2D eigenvalue weighted by atomic mass is 32.2. The van der Waals surface area contributed by atoms with E-state index in [2.05, 4.69) is 20.2 Å². The minimum Gasteiger partial charge on any atom is -0.377 e. The smallest absolute Gasteiger partial charge is 0.377 e. The van der Waals surface area contributed by atoms with E-state index in [1.165, 1.54) is 37.4 Å². The van der Waals surface area contributed by atoms with Crippen LogP contribution in [0.25, 0.3) is 33.5 Å². The quantitative estimate of drug-likeness (QED) is 0.252. The van der Waals surface area contributed by atoms with Crippen molar-refractivity contribution in [3.63, 3.8) is 0 Å². The molecule has 14 heteroatoms. The molecule has 0 saturated carbocycles. The average Bonchev–Trinajstić information content (AvgIpc) is 3.57. The first-order chi connectivity index (χ1) is 20.3. The van der Waals surface area contributed by atoms with Crippen LogP contribution in [-0.4, -0.2) is 58.4 Å². The Morgan fingerprint density at radius 1 is 1.05 bits per heavy atom. The molecule has 0 aliphatic carbocycles. The van der Waals surface area contributed by atoms with Crippen molar-refractivity contribution in [1.29, 1.82) is 0 Å². The molecule has 5 aromatic rings. The van der Waals surface area contributed by atoms with E-state index in [9.17, 15) is 21.6 Å². The van der Waals surface area contributed by atoms with Gasteiger partial charge >= 0.3 is 6.18 Å². The predicted molar refractivity (Wildman–Crippen MR) is 152 cm³/mol. The summed E-state index contributed by atoms with van der Waals surface area (Å²) in [5.41, 5.74) is -0.318. The van der Waals surface area contributed by atoms with Crippen molar-refractivity contribution in [3.8, 4) is 22.6 Å². The van der Waals surface area contributed by atoms with Gasteiger partial charge < -0.3 is 9.64 Å². The maximum atomic E-state index is 15.2. The zero-order valence-corrected chi connectivity index (χ0v) is 24.1. The standard InChI is InChI=1S/C29H26F4N6O3S/c1-16-4-6-20(7-5-16)43(40,41)39-9-8-21-22(12-19(30)13-24(21)39)28-34-23(26-18(3)36-37-27(26)29(31,32)33)14-25(35-28)38-10-11-42-15-17(38)2/h4-9,12-14,17H,10-11,15H2,1-3H3,(H,36,37)/t17-/m1/s1. The minimum absolute atomic E-state index is 0.0124. The van der Waals surface area contributed by atoms with Gasteiger partial charge in [-0.2, -0.15) is 18.3 Å². The number of ether oxygens (including phenoxy) is 1. The number of hydrogen-bond acceptors (Lipinski definition) is 7. The van der Waals surface area contributed by atoms with Crippen molar-refractivity contribution in [1.82, 2.24) is 24.1 Å². The van der Waals surface area contributed by atoms with Crippen LogP contribution in [0.5, 0.6) is 0 Å². The molecule has 0 radical (unpaired) electrons. The van der Waals surface area contributed by atoms with E-state index >= 15 is 4.39 Å². The van der Waals surface area contributed by atoms with E-state index in [1.54, 1.807) is 12.1 Å². The summed E-state index contributed by atoms with van der Waals surface area (Å²) in [4.78, 5) is 11.0. The molecule has 4 heterocycles. The third-order valence-corrected chi connectivity index (χ3v) is 9.11. The Bertz CT molecular complexity index is 1950. The number of hydrogen-bond donors (Lipinski definition) is 1. The number of aromatic nitrogens is 5. The van der Waals surface area contributed by atoms with Crippen LogP contribution in [0.4, 0.5) is 23.4 Å². The van der Waals surface area contributed by atoms with E-state index < -0.39 is 27.7 Å². The van der Waals surface area contributed by atoms with E-state index in [0.29, 0.717) is 31.0 Å². The van der Waals surface area contributed by atoms with Crippen LogP contribution in [0, 0.1) is 19.7 Å². The molecule has 6 rings (SSSR count). The lowest BCUT2D eigenvalue weighted by molar-refractivity contribution is -0.140. The molecule has 9 nitrogen and oxygen atoms in total. The van der Waals surface area contributed by atoms with E-state index in [1.807, 2.05) is 18.7 Å². The molecule has 0 amide bonds. The van der Waals surface area contributed by atoms with Gasteiger partial charge in [-0.3, -0.25) is 5.10 Å². The zero-order chi connectivity index (χ0) is 30.7. The first-order valence-electron chi connectivity index (χ1n) is 13.3. The summed E-state index contributed by atoms with van der Waals surface area (Å²) in [5, 5.41) is 6.17. The largest absolute Gasteiger partial charge is 0.435 e. The topological polar surface area (TPSA) is 106 Å². The number of aryl methyl sites for hydroxylation is 2. The number of morpholine rings is 1. The summed E-state index contributed by atoms with van der Waals surface area (Å²) >= 11 is 0. The highest BCUT2D eigenvalue weighted by Gasteiger charge is 2.39. The van der Waals surface area contributed by atoms with Crippen LogP contribution in [0.15, 0.2) is 59.6 Å². The van der Waals surface area contributed by atoms with Crippen LogP contribution >= 0.6 is 0 Å². The lowest BCUT2D eigenvalue weighted by Crippen LogP contribution is -2.44. The van der Waals surface area contributed by atoms with Gasteiger partial charge in [-0.05, 0) is 51.1 Å². The molecule has 1 atom stereocenters. The summed E-state index contributed by atoms with van der Waals surface area (Å²) in [5.74, 6) is -0.532. The number of alkyl halides is 3. The van der Waals surface area contributed by atoms with Crippen LogP contribution in [0.1, 0.15) is 23.9 Å². The van der Waals surface area contributed by atoms with Crippen molar-refractivity contribution in [3.05, 3.63) is 77.5 Å². The fraction of sp³-hybridized carbons (Fsp3) is 0.276. The van der Waals surface area contributed by atoms with Gasteiger partial charge in [0.2, 0.25) is 0 Å². The number of nitrogens with one attached hydrogen (secondary N) is 1. The molecular formula is C29H26F4N6O3S. The summed E-state index contributed by atoms with van der Waals surface area (Å²) in [6.07, 6.45) is -3.47. The maximum Gasteiger partial charge on any atom is 0.435 e. The molecule has 1 aliphatic heterocycles. The normalized spacial score (nSPS) is 16.3. The van der Waals surface area contributed by atoms with Crippen LogP contribution < -0.4 is 4.90 Å². The van der Waals surface area contributed by atoms with Gasteiger partial charge in [-0.15, -0.1) is 0 Å². The first kappa shape index (κ1) is 28.8. The van der Waals surface area contributed by atoms with Crippen LogP contribution in [-0.2, 0) is 20.9 Å². The van der Waals surface area contributed by atoms with Gasteiger partial charge in [0.05, 0.1) is 40.9 Å². The molecule has 1 N–H and O–H groups in total. The van der Waals surface area contributed by atoms with Crippen LogP contribution in [0.3, 0.4) is 0 Å². The SMILES string of the molecule is Cc1ccc(S(=O)(=O)n2ccc3c(-c4nc(-c5c(C(F)(F)F)n[nH]c5C)cc(N5CCOC[C@H]5C)n4)cc(F)cc32)cc1. The Balaban J connectivity index is 1.58. The maximum absolute atomic E-state index is 15.2. The molecule has 43 heavy (non-hydrogen) atoms. The Morgan fingerprint density at radius 3 is 2.49 bits per heavy atom. The fourth-order valence-corrected chi connectivity index (χ4v) is 6.59. The van der Waals surface area contributed by atoms with Crippen molar-refractivity contribution in [2.45, 2.75) is 37.9 Å². The monoisotopic (exact) mass is 614 g/mol. The molecule has 0 bridgehead atoms. The Hall–Kier alpha value is -4.30. The minimum atomic E-state index is -4.77. The van der Waals surface area contributed by atoms with Gasteiger partial charge in [0, 0.05) is 35.5 Å². The molecule has 2 aromatic carbocycles. The van der Waals surface area contributed by atoms with Gasteiger partial charge in [0.1, 0.15) is 11.6 Å². The van der Waals surface area contributed by atoms with Crippen molar-refractivity contribution in [2.24, 2.45) is 0 Å². The van der Waals surface area contributed by atoms with Crippen LogP contribution in [0.2, 0.25) is 0 Å². The Labute approximate surface area is 244 Å². The number of rotatable bonds is 5. The van der Waals surface area contributed by atoms with E-state index in [4.69, 9.17) is 4.74 Å². The van der Waals surface area contributed by atoms with Crippen molar-refractivity contribution in [2.75, 3.05) is 24.7 Å². The van der Waals surface area contributed by atoms with E-state index in [0.717, 1.165) is 21.7 Å². The third kappa shape index (κ3) is 5.14. The van der Waals surface area contributed by atoms with Crippen molar-refractivity contribution >= 4 is 26.7 Å². The molecule has 224 valence electrons. The average molecular weight is 615 g/mol. The molecule has 1 fully saturated rings. The van der Waals surface area contributed by atoms with Crippen molar-refractivity contribution < 1.29 is 30.7 Å². The molecule has 3 aromatic heterocycles. The second kappa shape index (κ2) is 10.5. The second-order valence-electron chi connectivity index (χ2n) is 10.4. The summed E-state index contributed by atoms with van der Waals surface area (Å²) in [6, 6.07) is 11.2. The molecule has 1 saturated heterocycles. The first-order valence-corrected chi connectivity index (χ1v) is 14.8. The predicted octanol–water partition coefficient (Wildman–Crippen LogP) is 5.73. The Kier molecular flexibility index (Phi) is 7.00. The number of halogens is 4. The second-order valence-corrected chi connectivity index (χ2v) is 12.3. The van der Waals surface area contributed by atoms with Gasteiger partial charge in [-0.1, -0.05) is 17.7 Å². The molecular weight excluding hydrogens is 588 g/mol. The third-order valence-electron chi connectivity index (χ3n) is 7.40. The summed E-state index contributed by atoms with van der Waals surface area (Å²) in [7, 11) is -4.11. The number of anilines is 1. The summed E-state index contributed by atoms with van der Waals surface area (Å²) < 4.78 is 90.6. The fourth-order valence-electron chi connectivity index (χ4n) is 5.25. The molecule has 0 unspecified atom stereocenters. The zero-order valence-electron chi connectivity index (χ0n) is 23.3. The number of fused-ring (bicyclic) bond motifs is 1. The summed E-state index contributed by atoms with van der Waals surface area (Å²) in [6.45, 7) is 6.33. The van der Waals surface area contributed by atoms with Gasteiger partial charge in [-0.25, -0.2) is 26.7 Å². The Morgan fingerprint density at radius 2 is 1.79 bits per heavy atom. The molecule has 1 aliphatic rings. The molecule has 0 spiro atoms. The number of benzene rings is 2. The van der Waals surface area contributed by atoms with Gasteiger partial charge in [0.25, 0.3) is 10.0 Å². The highest BCUT2D eigenvalue weighted by molar-refractivity contribution is 7.90. The highest BCUT2D eigenvalue weighted by Crippen LogP contribution is 2.39. The lowest BCUT2D eigenvalue weighted by Gasteiger charge is -2.34. The van der Waals surface area contributed by atoms with E-state index in [-0.39, 0.29) is 44.8 Å². The number of aromatic amines is 1. The number of H-pyrrole nitrogens is 1.